The number of nitrogens with zero attached hydrogens (tertiary/aromatic N) is 1. The molecule has 20 heavy (non-hydrogen) atoms. The van der Waals surface area contributed by atoms with Crippen LogP contribution >= 0.6 is 0 Å². The molecule has 116 valence electrons. The summed E-state index contributed by atoms with van der Waals surface area (Å²) in [4.78, 5) is 2.82. The van der Waals surface area contributed by atoms with E-state index in [0.29, 0.717) is 0 Å². The molecule has 2 heteroatoms. The summed E-state index contributed by atoms with van der Waals surface area (Å²) in [7, 11) is 0. The van der Waals surface area contributed by atoms with Crippen LogP contribution in [0.2, 0.25) is 0 Å². The van der Waals surface area contributed by atoms with Gasteiger partial charge in [-0.2, -0.15) is 0 Å². The fourth-order valence-corrected chi connectivity index (χ4v) is 5.15. The van der Waals surface area contributed by atoms with Crippen molar-refractivity contribution in [2.45, 2.75) is 77.2 Å². The molecule has 2 aliphatic carbocycles. The van der Waals surface area contributed by atoms with Crippen molar-refractivity contribution in [3.8, 4) is 0 Å². The number of nitrogens with one attached hydrogen (secondary N) is 1. The topological polar surface area (TPSA) is 15.3 Å². The van der Waals surface area contributed by atoms with Gasteiger partial charge < -0.3 is 10.2 Å². The number of hydrogen-bond donors (Lipinski definition) is 1. The molecule has 0 bridgehead atoms. The predicted octanol–water partition coefficient (Wildman–Crippen LogP) is 3.81. The van der Waals surface area contributed by atoms with Crippen molar-refractivity contribution in [3.63, 3.8) is 0 Å². The first-order chi connectivity index (χ1) is 9.81. The van der Waals surface area contributed by atoms with E-state index < -0.39 is 0 Å². The lowest BCUT2D eigenvalue weighted by molar-refractivity contribution is 0.0796. The highest BCUT2D eigenvalue weighted by Gasteiger charge is 2.38. The maximum atomic E-state index is 3.58. The lowest BCUT2D eigenvalue weighted by atomic mass is 9.71. The van der Waals surface area contributed by atoms with Crippen molar-refractivity contribution < 1.29 is 0 Å². The lowest BCUT2D eigenvalue weighted by Crippen LogP contribution is -2.45. The van der Waals surface area contributed by atoms with Gasteiger partial charge in [0, 0.05) is 12.6 Å². The second-order valence-electron chi connectivity index (χ2n) is 7.74. The SMILES string of the molecule is CCN(CC1CCCNC1)C1CCC2(CCCC2)CC1. The van der Waals surface area contributed by atoms with Crippen LogP contribution in [-0.4, -0.2) is 37.1 Å². The van der Waals surface area contributed by atoms with Crippen LogP contribution in [-0.2, 0) is 0 Å². The van der Waals surface area contributed by atoms with Crippen molar-refractivity contribution >= 4 is 0 Å². The Bertz CT molecular complexity index is 280. The average Bonchev–Trinajstić information content (AvgIpc) is 2.95. The molecule has 3 aliphatic rings. The van der Waals surface area contributed by atoms with Crippen LogP contribution in [0, 0.1) is 11.3 Å². The predicted molar refractivity (Wildman–Crippen MR) is 86.0 cm³/mol. The first-order valence-corrected chi connectivity index (χ1v) is 9.26. The van der Waals surface area contributed by atoms with Crippen molar-refractivity contribution in [1.29, 1.82) is 0 Å². The smallest absolute Gasteiger partial charge is 0.00956 e. The second kappa shape index (κ2) is 6.79. The van der Waals surface area contributed by atoms with E-state index in [2.05, 4.69) is 17.1 Å². The van der Waals surface area contributed by atoms with E-state index in [1.54, 1.807) is 12.8 Å². The zero-order chi connectivity index (χ0) is 13.8. The third-order valence-corrected chi connectivity index (χ3v) is 6.49. The Kier molecular flexibility index (Phi) is 5.04. The second-order valence-corrected chi connectivity index (χ2v) is 7.74. The quantitative estimate of drug-likeness (QED) is 0.841. The molecule has 0 aromatic heterocycles. The van der Waals surface area contributed by atoms with Gasteiger partial charge in [0.25, 0.3) is 0 Å². The summed E-state index contributed by atoms with van der Waals surface area (Å²) in [5.41, 5.74) is 0.794. The Labute approximate surface area is 125 Å². The molecule has 0 aromatic rings. The normalized spacial score (nSPS) is 31.2. The van der Waals surface area contributed by atoms with Crippen molar-refractivity contribution in [1.82, 2.24) is 10.2 Å². The van der Waals surface area contributed by atoms with Gasteiger partial charge in [-0.05, 0) is 82.3 Å². The first kappa shape index (κ1) is 14.8. The molecule has 0 amide bonds. The molecule has 1 heterocycles. The van der Waals surface area contributed by atoms with Crippen molar-refractivity contribution in [2.75, 3.05) is 26.2 Å². The molecule has 1 N–H and O–H groups in total. The first-order valence-electron chi connectivity index (χ1n) is 9.26. The number of rotatable bonds is 4. The van der Waals surface area contributed by atoms with E-state index in [1.165, 1.54) is 77.5 Å². The summed E-state index contributed by atoms with van der Waals surface area (Å²) >= 11 is 0. The van der Waals surface area contributed by atoms with Crippen molar-refractivity contribution in [2.24, 2.45) is 11.3 Å². The molecule has 3 fully saturated rings. The van der Waals surface area contributed by atoms with Gasteiger partial charge in [-0.3, -0.25) is 0 Å². The summed E-state index contributed by atoms with van der Waals surface area (Å²) in [5.74, 6) is 0.908. The minimum atomic E-state index is 0.794. The maximum absolute atomic E-state index is 3.58. The molecule has 1 unspecified atom stereocenters. The van der Waals surface area contributed by atoms with Crippen LogP contribution in [0.3, 0.4) is 0 Å². The molecule has 2 nitrogen and oxygen atoms in total. The van der Waals surface area contributed by atoms with E-state index in [0.717, 1.165) is 17.4 Å². The molecule has 0 aromatic carbocycles. The molecular formula is C18H34N2. The fourth-order valence-electron chi connectivity index (χ4n) is 5.15. The summed E-state index contributed by atoms with van der Waals surface area (Å²) in [6, 6.07) is 0.896. The number of hydrogen-bond acceptors (Lipinski definition) is 2. The minimum Gasteiger partial charge on any atom is -0.316 e. The standard InChI is InChI=1S/C18H34N2/c1-2-20(15-16-6-5-13-19-14-16)17-7-11-18(12-8-17)9-3-4-10-18/h16-17,19H,2-15H2,1H3. The van der Waals surface area contributed by atoms with Gasteiger partial charge in [-0.1, -0.05) is 19.8 Å². The monoisotopic (exact) mass is 278 g/mol. The van der Waals surface area contributed by atoms with Crippen LogP contribution < -0.4 is 5.32 Å². The molecule has 2 saturated carbocycles. The van der Waals surface area contributed by atoms with Gasteiger partial charge >= 0.3 is 0 Å². The van der Waals surface area contributed by atoms with Crippen LogP contribution in [0.4, 0.5) is 0 Å². The molecule has 1 saturated heterocycles. The molecule has 3 rings (SSSR count). The highest BCUT2D eigenvalue weighted by atomic mass is 15.2. The Morgan fingerprint density at radius 3 is 2.35 bits per heavy atom. The van der Waals surface area contributed by atoms with Gasteiger partial charge in [-0.25, -0.2) is 0 Å². The Morgan fingerprint density at radius 2 is 1.75 bits per heavy atom. The highest BCUT2D eigenvalue weighted by molar-refractivity contribution is 4.92. The Morgan fingerprint density at radius 1 is 1.00 bits per heavy atom. The summed E-state index contributed by atoms with van der Waals surface area (Å²) in [5, 5.41) is 3.58. The summed E-state index contributed by atoms with van der Waals surface area (Å²) in [6.45, 7) is 7.48. The van der Waals surface area contributed by atoms with E-state index in [-0.39, 0.29) is 0 Å². The van der Waals surface area contributed by atoms with Gasteiger partial charge in [0.1, 0.15) is 0 Å². The van der Waals surface area contributed by atoms with Gasteiger partial charge in [0.2, 0.25) is 0 Å². The summed E-state index contributed by atoms with van der Waals surface area (Å²) in [6.07, 6.45) is 14.9. The van der Waals surface area contributed by atoms with Crippen molar-refractivity contribution in [3.05, 3.63) is 0 Å². The summed E-state index contributed by atoms with van der Waals surface area (Å²) < 4.78 is 0. The van der Waals surface area contributed by atoms with E-state index in [1.807, 2.05) is 0 Å². The molecule has 1 aliphatic heterocycles. The largest absolute Gasteiger partial charge is 0.316 e. The third-order valence-electron chi connectivity index (χ3n) is 6.49. The average molecular weight is 278 g/mol. The molecular weight excluding hydrogens is 244 g/mol. The third kappa shape index (κ3) is 3.39. The lowest BCUT2D eigenvalue weighted by Gasteiger charge is -2.43. The van der Waals surface area contributed by atoms with Crippen LogP contribution in [0.15, 0.2) is 0 Å². The Balaban J connectivity index is 1.49. The van der Waals surface area contributed by atoms with Gasteiger partial charge in [0.15, 0.2) is 0 Å². The maximum Gasteiger partial charge on any atom is 0.00956 e. The van der Waals surface area contributed by atoms with Gasteiger partial charge in [-0.15, -0.1) is 0 Å². The zero-order valence-corrected chi connectivity index (χ0v) is 13.5. The van der Waals surface area contributed by atoms with E-state index in [4.69, 9.17) is 0 Å². The highest BCUT2D eigenvalue weighted by Crippen LogP contribution is 2.49. The minimum absolute atomic E-state index is 0.794. The Hall–Kier alpha value is -0.0800. The van der Waals surface area contributed by atoms with E-state index in [9.17, 15) is 0 Å². The number of piperidine rings is 1. The molecule has 1 spiro atoms. The van der Waals surface area contributed by atoms with Crippen LogP contribution in [0.25, 0.3) is 0 Å². The van der Waals surface area contributed by atoms with Crippen LogP contribution in [0.1, 0.15) is 71.1 Å². The fraction of sp³-hybridized carbons (Fsp3) is 1.00. The van der Waals surface area contributed by atoms with Crippen LogP contribution in [0.5, 0.6) is 0 Å². The van der Waals surface area contributed by atoms with E-state index >= 15 is 0 Å². The molecule has 0 radical (unpaired) electrons. The molecule has 1 atom stereocenters. The zero-order valence-electron chi connectivity index (χ0n) is 13.5. The van der Waals surface area contributed by atoms with Gasteiger partial charge in [0.05, 0.1) is 0 Å².